The molecule has 0 fully saturated rings. The van der Waals surface area contributed by atoms with Crippen LogP contribution in [0, 0.1) is 0 Å². The second-order valence-corrected chi connectivity index (χ2v) is 14.9. The van der Waals surface area contributed by atoms with Crippen molar-refractivity contribution in [3.63, 3.8) is 0 Å². The highest BCUT2D eigenvalue weighted by atomic mass is 16.3. The predicted molar refractivity (Wildman–Crippen MR) is 246 cm³/mol. The van der Waals surface area contributed by atoms with Crippen molar-refractivity contribution in [2.75, 3.05) is 0 Å². The molecule has 0 aliphatic heterocycles. The van der Waals surface area contributed by atoms with Crippen LogP contribution in [-0.4, -0.2) is 24.9 Å². The van der Waals surface area contributed by atoms with Gasteiger partial charge in [0.2, 0.25) is 0 Å². The highest BCUT2D eigenvalue weighted by molar-refractivity contribution is 6.05. The first-order valence-corrected chi connectivity index (χ1v) is 20.2. The third-order valence-corrected chi connectivity index (χ3v) is 10.9. The van der Waals surface area contributed by atoms with Gasteiger partial charge in [0.25, 0.3) is 0 Å². The molecule has 3 aromatic heterocycles. The zero-order valence-corrected chi connectivity index (χ0v) is 32.9. The fourth-order valence-electron chi connectivity index (χ4n) is 7.86. The highest BCUT2D eigenvalue weighted by Gasteiger charge is 2.16. The van der Waals surface area contributed by atoms with E-state index in [-0.39, 0.29) is 0 Å². The monoisotopic (exact) mass is 781 g/mol. The van der Waals surface area contributed by atoms with Crippen LogP contribution in [0.25, 0.3) is 112 Å². The molecule has 0 bridgehead atoms. The molecule has 0 unspecified atom stereocenters. The van der Waals surface area contributed by atoms with Crippen molar-refractivity contribution in [3.8, 4) is 90.3 Å². The van der Waals surface area contributed by atoms with Crippen LogP contribution < -0.4 is 0 Å². The van der Waals surface area contributed by atoms with Crippen molar-refractivity contribution in [1.29, 1.82) is 0 Å². The maximum atomic E-state index is 6.27. The van der Waals surface area contributed by atoms with Gasteiger partial charge in [-0.25, -0.2) is 24.9 Å². The van der Waals surface area contributed by atoms with Crippen molar-refractivity contribution >= 4 is 21.9 Å². The van der Waals surface area contributed by atoms with Gasteiger partial charge in [-0.2, -0.15) is 0 Å². The summed E-state index contributed by atoms with van der Waals surface area (Å²) in [5.74, 6) is 2.45. The number of hydrogen-bond acceptors (Lipinski definition) is 6. The normalized spacial score (nSPS) is 11.3. The fourth-order valence-corrected chi connectivity index (χ4v) is 7.86. The molecule has 0 N–H and O–H groups in total. The quantitative estimate of drug-likeness (QED) is 0.153. The number of benzene rings is 8. The Bertz CT molecular complexity index is 3360. The van der Waals surface area contributed by atoms with Crippen LogP contribution in [0.3, 0.4) is 0 Å². The molecule has 0 aliphatic rings. The number of hydrogen-bond donors (Lipinski definition) is 0. The molecule has 61 heavy (non-hydrogen) atoms. The van der Waals surface area contributed by atoms with Gasteiger partial charge in [0.05, 0.1) is 11.4 Å². The summed E-state index contributed by atoms with van der Waals surface area (Å²) in [6.07, 6.45) is 0. The van der Waals surface area contributed by atoms with Crippen LogP contribution in [-0.2, 0) is 0 Å². The van der Waals surface area contributed by atoms with Crippen LogP contribution in [0.1, 0.15) is 0 Å². The molecule has 8 aromatic carbocycles. The van der Waals surface area contributed by atoms with Crippen LogP contribution in [0.15, 0.2) is 217 Å². The summed E-state index contributed by atoms with van der Waals surface area (Å²) in [5, 5.41) is 2.17. The summed E-state index contributed by atoms with van der Waals surface area (Å²) in [5.41, 5.74) is 13.2. The minimum atomic E-state index is 0.594. The maximum absolute atomic E-state index is 6.27. The van der Waals surface area contributed by atoms with Crippen molar-refractivity contribution in [3.05, 3.63) is 212 Å². The lowest BCUT2D eigenvalue weighted by molar-refractivity contribution is 0.669. The Morgan fingerprint density at radius 2 is 0.639 bits per heavy atom. The van der Waals surface area contributed by atoms with Crippen molar-refractivity contribution in [2.24, 2.45) is 0 Å². The Balaban J connectivity index is 0.989. The van der Waals surface area contributed by atoms with E-state index in [1.54, 1.807) is 0 Å². The molecule has 286 valence electrons. The summed E-state index contributed by atoms with van der Waals surface area (Å²) in [6, 6.07) is 72.3. The number of rotatable bonds is 8. The Kier molecular flexibility index (Phi) is 9.06. The molecule has 3 heterocycles. The topological polar surface area (TPSA) is 77.6 Å². The smallest absolute Gasteiger partial charge is 0.164 e. The Hall–Kier alpha value is -8.35. The lowest BCUT2D eigenvalue weighted by atomic mass is 10.00. The van der Waals surface area contributed by atoms with Crippen molar-refractivity contribution in [1.82, 2.24) is 24.9 Å². The number of fused-ring (bicyclic) bond motifs is 3. The molecule has 6 heteroatoms. The van der Waals surface area contributed by atoms with E-state index in [4.69, 9.17) is 29.3 Å². The van der Waals surface area contributed by atoms with E-state index in [0.717, 1.165) is 89.0 Å². The predicted octanol–water partition coefficient (Wildman–Crippen LogP) is 13.9. The number of nitrogens with zero attached hydrogens (tertiary/aromatic N) is 5. The molecule has 0 atom stereocenters. The van der Waals surface area contributed by atoms with E-state index in [1.165, 1.54) is 0 Å². The van der Waals surface area contributed by atoms with Gasteiger partial charge in [0, 0.05) is 44.2 Å². The first-order valence-electron chi connectivity index (χ1n) is 20.2. The zero-order chi connectivity index (χ0) is 40.5. The molecular weight excluding hydrogens is 747 g/mol. The summed E-state index contributed by atoms with van der Waals surface area (Å²) in [4.78, 5) is 25.5. The second kappa shape index (κ2) is 15.4. The summed E-state index contributed by atoms with van der Waals surface area (Å²) in [7, 11) is 0. The van der Waals surface area contributed by atoms with Gasteiger partial charge >= 0.3 is 0 Å². The number of para-hydroxylation sites is 1. The van der Waals surface area contributed by atoms with Crippen LogP contribution in [0.4, 0.5) is 0 Å². The largest absolute Gasteiger partial charge is 0.456 e. The Morgan fingerprint density at radius 3 is 1.23 bits per heavy atom. The average Bonchev–Trinajstić information content (AvgIpc) is 3.73. The number of aromatic nitrogens is 5. The summed E-state index contributed by atoms with van der Waals surface area (Å²) >= 11 is 0. The Labute approximate surface area is 352 Å². The Morgan fingerprint density at radius 1 is 0.230 bits per heavy atom. The summed E-state index contributed by atoms with van der Waals surface area (Å²) in [6.45, 7) is 0. The van der Waals surface area contributed by atoms with Gasteiger partial charge in [-0.15, -0.1) is 0 Å². The molecule has 0 saturated heterocycles. The molecule has 0 saturated carbocycles. The molecule has 0 spiro atoms. The van der Waals surface area contributed by atoms with E-state index < -0.39 is 0 Å². The second-order valence-electron chi connectivity index (χ2n) is 14.9. The molecule has 0 aliphatic carbocycles. The van der Waals surface area contributed by atoms with E-state index in [0.29, 0.717) is 23.3 Å². The van der Waals surface area contributed by atoms with Gasteiger partial charge in [-0.1, -0.05) is 170 Å². The molecule has 0 amide bonds. The van der Waals surface area contributed by atoms with Gasteiger partial charge in [-0.05, 0) is 64.7 Å². The first kappa shape index (κ1) is 35.8. The van der Waals surface area contributed by atoms with Crippen molar-refractivity contribution in [2.45, 2.75) is 0 Å². The van der Waals surface area contributed by atoms with Gasteiger partial charge in [0.15, 0.2) is 23.3 Å². The van der Waals surface area contributed by atoms with Gasteiger partial charge in [0.1, 0.15) is 11.2 Å². The van der Waals surface area contributed by atoms with E-state index >= 15 is 0 Å². The summed E-state index contributed by atoms with van der Waals surface area (Å²) < 4.78 is 6.27. The first-order chi connectivity index (χ1) is 30.2. The van der Waals surface area contributed by atoms with E-state index in [1.807, 2.05) is 72.8 Å². The van der Waals surface area contributed by atoms with Gasteiger partial charge in [-0.3, -0.25) is 0 Å². The fraction of sp³-hybridized carbons (Fsp3) is 0. The maximum Gasteiger partial charge on any atom is 0.164 e. The molecule has 0 radical (unpaired) electrons. The molecule has 11 aromatic rings. The van der Waals surface area contributed by atoms with Crippen molar-refractivity contribution < 1.29 is 4.42 Å². The minimum absolute atomic E-state index is 0.594. The SMILES string of the molecule is c1ccc(-c2cccc(-c3nc(-c4ccccc4)nc(-c4cccc(-c5cccc(-c6nc(-c7ccccc7)cc(-c7ccc8c(c7)oc7ccccc78)n6)c5)c4)n3)c2)cc1. The average molecular weight is 782 g/mol. The molecular formula is C55H35N5O. The van der Waals surface area contributed by atoms with Crippen LogP contribution >= 0.6 is 0 Å². The molecule has 11 rings (SSSR count). The third kappa shape index (κ3) is 7.13. The zero-order valence-electron chi connectivity index (χ0n) is 32.9. The number of furan rings is 1. The third-order valence-electron chi connectivity index (χ3n) is 10.9. The van der Waals surface area contributed by atoms with E-state index in [9.17, 15) is 0 Å². The standard InChI is InChI=1S/C55H35N5O/c1-4-15-36(16-5-1)39-21-12-25-44(31-39)54-58-52(38-19-8-3-9-20-38)59-55(60-54)45-26-14-23-41(33-45)40-22-13-24-43(32-40)53-56-48(37-17-6-2-7-18-37)35-49(57-53)42-29-30-47-46-27-10-11-28-50(46)61-51(47)34-42/h1-35H. The lowest BCUT2D eigenvalue weighted by Crippen LogP contribution is -2.00. The van der Waals surface area contributed by atoms with Crippen LogP contribution in [0.2, 0.25) is 0 Å². The van der Waals surface area contributed by atoms with Gasteiger partial charge < -0.3 is 4.42 Å². The minimum Gasteiger partial charge on any atom is -0.456 e. The highest BCUT2D eigenvalue weighted by Crippen LogP contribution is 2.35. The lowest BCUT2D eigenvalue weighted by Gasteiger charge is -2.12. The van der Waals surface area contributed by atoms with Crippen LogP contribution in [0.5, 0.6) is 0 Å². The van der Waals surface area contributed by atoms with E-state index in [2.05, 4.69) is 140 Å². The molecule has 6 nitrogen and oxygen atoms in total.